The Morgan fingerprint density at radius 3 is 2.64 bits per heavy atom. The summed E-state index contributed by atoms with van der Waals surface area (Å²) < 4.78 is 5.73. The zero-order valence-electron chi connectivity index (χ0n) is 15.4. The van der Waals surface area contributed by atoms with Crippen LogP contribution in [0.1, 0.15) is 28.8 Å². The largest absolute Gasteiger partial charge is 0.431 e. The molecule has 1 aliphatic heterocycles. The van der Waals surface area contributed by atoms with Gasteiger partial charge in [0.05, 0.1) is 6.54 Å². The first-order valence-corrected chi connectivity index (χ1v) is 10.3. The number of nitrogens with one attached hydrogen (secondary N) is 1. The van der Waals surface area contributed by atoms with Crippen molar-refractivity contribution in [1.82, 2.24) is 15.2 Å². The molecule has 2 amide bonds. The van der Waals surface area contributed by atoms with Crippen LogP contribution in [0.5, 0.6) is 0 Å². The van der Waals surface area contributed by atoms with Gasteiger partial charge in [-0.2, -0.15) is 0 Å². The van der Waals surface area contributed by atoms with Gasteiger partial charge in [-0.25, -0.2) is 4.98 Å². The minimum absolute atomic E-state index is 0.0239. The topological polar surface area (TPSA) is 75.4 Å². The number of aromatic nitrogens is 1. The number of likely N-dealkylation sites (tertiary alicyclic amines) is 1. The van der Waals surface area contributed by atoms with Crippen molar-refractivity contribution >= 4 is 34.7 Å². The van der Waals surface area contributed by atoms with Crippen LogP contribution < -0.4 is 5.32 Å². The summed E-state index contributed by atoms with van der Waals surface area (Å²) in [5.74, 6) is 0.293. The number of carbonyl (C=O) groups is 2. The molecular formula is C21H21N3O3S. The van der Waals surface area contributed by atoms with E-state index in [-0.39, 0.29) is 18.4 Å². The highest BCUT2D eigenvalue weighted by molar-refractivity contribution is 7.98. The molecule has 1 fully saturated rings. The van der Waals surface area contributed by atoms with Gasteiger partial charge < -0.3 is 14.6 Å². The molecule has 0 atom stereocenters. The van der Waals surface area contributed by atoms with E-state index in [0.717, 1.165) is 42.6 Å². The van der Waals surface area contributed by atoms with Gasteiger partial charge in [-0.3, -0.25) is 9.59 Å². The summed E-state index contributed by atoms with van der Waals surface area (Å²) in [5, 5.41) is 3.33. The highest BCUT2D eigenvalue weighted by Gasteiger charge is 2.19. The summed E-state index contributed by atoms with van der Waals surface area (Å²) in [6, 6.07) is 15.0. The molecule has 0 aliphatic carbocycles. The third-order valence-electron chi connectivity index (χ3n) is 4.75. The highest BCUT2D eigenvalue weighted by atomic mass is 32.2. The van der Waals surface area contributed by atoms with Gasteiger partial charge in [-0.15, -0.1) is 0 Å². The standard InChI is InChI=1S/C21H21N3O3S/c25-19(24-11-5-6-12-24)13-22-20(26)16-8-2-1-7-15(16)14-28-21-23-17-9-3-4-10-18(17)27-21/h1-4,7-10H,5-6,11-14H2,(H,22,26). The van der Waals surface area contributed by atoms with Crippen molar-refractivity contribution in [3.8, 4) is 0 Å². The van der Waals surface area contributed by atoms with E-state index < -0.39 is 0 Å². The quantitative estimate of drug-likeness (QED) is 0.647. The van der Waals surface area contributed by atoms with Crippen LogP contribution in [-0.2, 0) is 10.5 Å². The van der Waals surface area contributed by atoms with Crippen molar-refractivity contribution < 1.29 is 14.0 Å². The summed E-state index contributed by atoms with van der Waals surface area (Å²) in [4.78, 5) is 31.0. The van der Waals surface area contributed by atoms with Crippen LogP contribution in [0.2, 0.25) is 0 Å². The number of hydrogen-bond acceptors (Lipinski definition) is 5. The van der Waals surface area contributed by atoms with E-state index in [4.69, 9.17) is 4.42 Å². The van der Waals surface area contributed by atoms with Crippen LogP contribution in [-0.4, -0.2) is 41.3 Å². The molecule has 144 valence electrons. The Bertz CT molecular complexity index is 962. The molecule has 6 nitrogen and oxygen atoms in total. The fourth-order valence-corrected chi connectivity index (χ4v) is 4.09. The number of hydrogen-bond donors (Lipinski definition) is 1. The number of benzene rings is 2. The number of rotatable bonds is 6. The summed E-state index contributed by atoms with van der Waals surface area (Å²) in [6.07, 6.45) is 2.07. The number of fused-ring (bicyclic) bond motifs is 1. The van der Waals surface area contributed by atoms with Crippen LogP contribution in [0.25, 0.3) is 11.1 Å². The summed E-state index contributed by atoms with van der Waals surface area (Å²) >= 11 is 1.44. The molecular weight excluding hydrogens is 374 g/mol. The average molecular weight is 395 g/mol. The lowest BCUT2D eigenvalue weighted by Crippen LogP contribution is -2.38. The maximum Gasteiger partial charge on any atom is 0.257 e. The first-order chi connectivity index (χ1) is 13.7. The van der Waals surface area contributed by atoms with Gasteiger partial charge in [0, 0.05) is 24.4 Å². The van der Waals surface area contributed by atoms with E-state index in [1.165, 1.54) is 11.8 Å². The second kappa shape index (κ2) is 8.48. The zero-order valence-corrected chi connectivity index (χ0v) is 16.2. The Hall–Kier alpha value is -2.80. The molecule has 1 saturated heterocycles. The third-order valence-corrected chi connectivity index (χ3v) is 5.62. The van der Waals surface area contributed by atoms with Crippen LogP contribution in [0, 0.1) is 0 Å². The van der Waals surface area contributed by atoms with Gasteiger partial charge in [-0.1, -0.05) is 42.1 Å². The average Bonchev–Trinajstić information content (AvgIpc) is 3.40. The SMILES string of the molecule is O=C(NCC(=O)N1CCCC1)c1ccccc1CSc1nc2ccccc2o1. The van der Waals surface area contributed by atoms with Gasteiger partial charge in [0.2, 0.25) is 5.91 Å². The fraction of sp³-hybridized carbons (Fsp3) is 0.286. The van der Waals surface area contributed by atoms with Crippen LogP contribution in [0.15, 0.2) is 58.2 Å². The van der Waals surface area contributed by atoms with Crippen molar-refractivity contribution in [2.24, 2.45) is 0 Å². The number of para-hydroxylation sites is 2. The van der Waals surface area contributed by atoms with E-state index >= 15 is 0 Å². The number of thioether (sulfide) groups is 1. The van der Waals surface area contributed by atoms with Crippen molar-refractivity contribution in [2.75, 3.05) is 19.6 Å². The summed E-state index contributed by atoms with van der Waals surface area (Å²) in [5.41, 5.74) is 3.01. The molecule has 0 saturated carbocycles. The van der Waals surface area contributed by atoms with Crippen molar-refractivity contribution in [1.29, 1.82) is 0 Å². The minimum Gasteiger partial charge on any atom is -0.431 e. The van der Waals surface area contributed by atoms with Crippen molar-refractivity contribution in [3.05, 3.63) is 59.7 Å². The molecule has 7 heteroatoms. The Balaban J connectivity index is 1.39. The lowest BCUT2D eigenvalue weighted by atomic mass is 10.1. The smallest absolute Gasteiger partial charge is 0.257 e. The van der Waals surface area contributed by atoms with E-state index in [9.17, 15) is 9.59 Å². The number of amides is 2. The minimum atomic E-state index is -0.235. The molecule has 4 rings (SSSR count). The van der Waals surface area contributed by atoms with Gasteiger partial charge in [0.15, 0.2) is 5.58 Å². The second-order valence-electron chi connectivity index (χ2n) is 6.66. The maximum atomic E-state index is 12.6. The first kappa shape index (κ1) is 18.6. The summed E-state index contributed by atoms with van der Waals surface area (Å²) in [7, 11) is 0. The van der Waals surface area contributed by atoms with E-state index in [1.54, 1.807) is 11.0 Å². The van der Waals surface area contributed by atoms with Crippen LogP contribution in [0.4, 0.5) is 0 Å². The number of nitrogens with zero attached hydrogens (tertiary/aromatic N) is 2. The molecule has 0 bridgehead atoms. The third kappa shape index (κ3) is 4.20. The molecule has 0 unspecified atom stereocenters. The highest BCUT2D eigenvalue weighted by Crippen LogP contribution is 2.27. The van der Waals surface area contributed by atoms with Crippen molar-refractivity contribution in [3.63, 3.8) is 0 Å². The zero-order chi connectivity index (χ0) is 19.3. The van der Waals surface area contributed by atoms with Gasteiger partial charge in [0.1, 0.15) is 5.52 Å². The van der Waals surface area contributed by atoms with Gasteiger partial charge >= 0.3 is 0 Å². The van der Waals surface area contributed by atoms with Crippen LogP contribution >= 0.6 is 11.8 Å². The molecule has 0 radical (unpaired) electrons. The monoisotopic (exact) mass is 395 g/mol. The van der Waals surface area contributed by atoms with E-state index in [0.29, 0.717) is 16.5 Å². The molecule has 1 aromatic heterocycles. The molecule has 1 N–H and O–H groups in total. The number of carbonyl (C=O) groups excluding carboxylic acids is 2. The predicted octanol–water partition coefficient (Wildman–Crippen LogP) is 3.47. The van der Waals surface area contributed by atoms with E-state index in [2.05, 4.69) is 10.3 Å². The maximum absolute atomic E-state index is 12.6. The van der Waals surface area contributed by atoms with E-state index in [1.807, 2.05) is 42.5 Å². The lowest BCUT2D eigenvalue weighted by Gasteiger charge is -2.16. The number of oxazole rings is 1. The summed E-state index contributed by atoms with van der Waals surface area (Å²) in [6.45, 7) is 1.60. The van der Waals surface area contributed by atoms with Crippen molar-refractivity contribution in [2.45, 2.75) is 23.8 Å². The molecule has 2 heterocycles. The second-order valence-corrected chi connectivity index (χ2v) is 7.59. The first-order valence-electron chi connectivity index (χ1n) is 9.33. The Labute approximate surface area is 167 Å². The Kier molecular flexibility index (Phi) is 5.62. The Morgan fingerprint density at radius 1 is 1.07 bits per heavy atom. The molecule has 28 heavy (non-hydrogen) atoms. The molecule has 2 aromatic carbocycles. The van der Waals surface area contributed by atoms with Crippen LogP contribution in [0.3, 0.4) is 0 Å². The Morgan fingerprint density at radius 2 is 1.82 bits per heavy atom. The fourth-order valence-electron chi connectivity index (χ4n) is 3.25. The lowest BCUT2D eigenvalue weighted by molar-refractivity contribution is -0.129. The van der Waals surface area contributed by atoms with Gasteiger partial charge in [-0.05, 0) is 36.6 Å². The van der Waals surface area contributed by atoms with Gasteiger partial charge in [0.25, 0.3) is 11.1 Å². The molecule has 0 spiro atoms. The molecule has 3 aromatic rings. The molecule has 1 aliphatic rings. The predicted molar refractivity (Wildman–Crippen MR) is 108 cm³/mol. The normalized spacial score (nSPS) is 13.8.